The number of imidazole rings is 1. The van der Waals surface area contributed by atoms with Crippen LogP contribution in [-0.2, 0) is 22.6 Å². The van der Waals surface area contributed by atoms with E-state index in [1.807, 2.05) is 44.8 Å². The minimum atomic E-state index is -0.169. The molecule has 1 fully saturated rings. The summed E-state index contributed by atoms with van der Waals surface area (Å²) in [7, 11) is 0. The van der Waals surface area contributed by atoms with Gasteiger partial charge in [-0.2, -0.15) is 0 Å². The Morgan fingerprint density at radius 2 is 1.69 bits per heavy atom. The van der Waals surface area contributed by atoms with Gasteiger partial charge in [-0.15, -0.1) is 0 Å². The topological polar surface area (TPSA) is 79.9 Å². The Bertz CT molecular complexity index is 1700. The number of aromatic nitrogens is 3. The van der Waals surface area contributed by atoms with Crippen molar-refractivity contribution in [2.24, 2.45) is 0 Å². The first-order valence-electron chi connectivity index (χ1n) is 13.9. The number of aryl methyl sites for hydroxylation is 1. The van der Waals surface area contributed by atoms with Gasteiger partial charge in [-0.1, -0.05) is 17.7 Å². The number of nitrogens with zero attached hydrogens (tertiary/aromatic N) is 5. The highest BCUT2D eigenvalue weighted by molar-refractivity contribution is 6.51. The molecule has 1 saturated heterocycles. The zero-order valence-electron chi connectivity index (χ0n) is 22.2. The third-order valence-corrected chi connectivity index (χ3v) is 8.43. The van der Waals surface area contributed by atoms with E-state index < -0.39 is 0 Å². The van der Waals surface area contributed by atoms with Crippen molar-refractivity contribution in [3.63, 3.8) is 0 Å². The summed E-state index contributed by atoms with van der Waals surface area (Å²) in [5, 5.41) is 0.991. The van der Waals surface area contributed by atoms with Crippen LogP contribution >= 0.6 is 0 Å². The second kappa shape index (κ2) is 9.22. The number of likely N-dealkylation sites (tertiary alicyclic amines) is 1. The number of piperidine rings is 1. The molecule has 1 aliphatic carbocycles. The molecular weight excluding hydrogens is 490 g/mol. The van der Waals surface area contributed by atoms with Crippen molar-refractivity contribution >= 4 is 45.3 Å². The predicted octanol–water partition coefficient (Wildman–Crippen LogP) is 4.51. The summed E-state index contributed by atoms with van der Waals surface area (Å²) in [6.07, 6.45) is 9.53. The van der Waals surface area contributed by atoms with Gasteiger partial charge in [0.25, 0.3) is 0 Å². The van der Waals surface area contributed by atoms with E-state index >= 15 is 0 Å². The predicted molar refractivity (Wildman–Crippen MR) is 149 cm³/mol. The Labute approximate surface area is 226 Å². The smallest absolute Gasteiger partial charge is 0.320 e. The van der Waals surface area contributed by atoms with Crippen molar-refractivity contribution in [3.8, 4) is 0 Å². The van der Waals surface area contributed by atoms with Gasteiger partial charge in [-0.05, 0) is 56.4 Å². The molecule has 39 heavy (non-hydrogen) atoms. The number of ketones is 2. The van der Waals surface area contributed by atoms with E-state index in [0.29, 0.717) is 36.5 Å². The molecule has 0 unspecified atom stereocenters. The van der Waals surface area contributed by atoms with E-state index in [1.54, 1.807) is 6.20 Å². The van der Waals surface area contributed by atoms with Crippen LogP contribution in [0.5, 0.6) is 0 Å². The lowest BCUT2D eigenvalue weighted by Crippen LogP contribution is -2.47. The Morgan fingerprint density at radius 1 is 0.897 bits per heavy atom. The highest BCUT2D eigenvalue weighted by atomic mass is 16.2. The largest absolute Gasteiger partial charge is 0.345 e. The van der Waals surface area contributed by atoms with Gasteiger partial charge in [0.1, 0.15) is 5.65 Å². The highest BCUT2D eigenvalue weighted by Crippen LogP contribution is 2.40. The fraction of sp³-hybridized carbons (Fsp3) is 0.355. The number of carbonyl (C=O) groups is 3. The molecule has 0 saturated carbocycles. The van der Waals surface area contributed by atoms with Gasteiger partial charge >= 0.3 is 6.03 Å². The van der Waals surface area contributed by atoms with Crippen LogP contribution in [0.15, 0.2) is 48.9 Å². The first-order valence-corrected chi connectivity index (χ1v) is 13.9. The molecule has 1 aromatic carbocycles. The number of urea groups is 1. The SMILES string of the molecule is Cc1cc2c3c(c1)c(C1=C(c4cnc5ccccn45)C(=O)CC1=O)cn3CCN(C(=O)N1CCCCC1)CC2. The van der Waals surface area contributed by atoms with Crippen LogP contribution in [0.3, 0.4) is 0 Å². The lowest BCUT2D eigenvalue weighted by atomic mass is 9.96. The number of hydrogen-bond acceptors (Lipinski definition) is 4. The number of benzene rings is 1. The second-order valence-electron chi connectivity index (χ2n) is 11.0. The summed E-state index contributed by atoms with van der Waals surface area (Å²) >= 11 is 0. The first kappa shape index (κ1) is 23.9. The van der Waals surface area contributed by atoms with Gasteiger partial charge in [0.2, 0.25) is 0 Å². The molecule has 0 bridgehead atoms. The molecule has 0 N–H and O–H groups in total. The first-order chi connectivity index (χ1) is 19.0. The third kappa shape index (κ3) is 3.88. The summed E-state index contributed by atoms with van der Waals surface area (Å²) in [5.41, 5.74) is 6.45. The molecule has 2 amide bonds. The molecule has 2 aliphatic heterocycles. The van der Waals surface area contributed by atoms with Crippen LogP contribution in [0.1, 0.15) is 48.1 Å². The molecular formula is C31H31N5O3. The Balaban J connectivity index is 1.35. The Hall–Kier alpha value is -4.20. The molecule has 0 atom stereocenters. The van der Waals surface area contributed by atoms with Gasteiger partial charge in [0.15, 0.2) is 11.6 Å². The third-order valence-electron chi connectivity index (χ3n) is 8.43. The van der Waals surface area contributed by atoms with E-state index in [0.717, 1.165) is 60.0 Å². The summed E-state index contributed by atoms with van der Waals surface area (Å²) in [4.78, 5) is 48.5. The minimum Gasteiger partial charge on any atom is -0.345 e. The fourth-order valence-electron chi connectivity index (χ4n) is 6.60. The van der Waals surface area contributed by atoms with E-state index in [2.05, 4.69) is 28.6 Å². The number of hydrogen-bond donors (Lipinski definition) is 0. The fourth-order valence-corrected chi connectivity index (χ4v) is 6.60. The van der Waals surface area contributed by atoms with E-state index in [1.165, 1.54) is 12.0 Å². The maximum absolute atomic E-state index is 13.4. The van der Waals surface area contributed by atoms with Crippen molar-refractivity contribution in [3.05, 3.63) is 71.3 Å². The van der Waals surface area contributed by atoms with Crippen LogP contribution in [0.25, 0.3) is 27.7 Å². The summed E-state index contributed by atoms with van der Waals surface area (Å²) in [6.45, 7) is 5.64. The minimum absolute atomic E-state index is 0.128. The van der Waals surface area contributed by atoms with Crippen LogP contribution in [0, 0.1) is 6.92 Å². The number of rotatable bonds is 2. The lowest BCUT2D eigenvalue weighted by molar-refractivity contribution is -0.119. The molecule has 0 spiro atoms. The maximum atomic E-state index is 13.4. The van der Waals surface area contributed by atoms with Crippen LogP contribution < -0.4 is 0 Å². The maximum Gasteiger partial charge on any atom is 0.320 e. The standard InChI is InChI=1S/C31H31N5O3/c1-20-15-21-8-12-34(31(39)33-9-4-2-5-10-33)13-14-35-19-23(22(16-20)30(21)35)28-25(37)17-26(38)29(28)24-18-32-27-7-3-6-11-36(24)27/h3,6-7,11,15-16,18-19H,2,4-5,8-10,12-14,17H2,1H3. The number of fused-ring (bicyclic) bond motifs is 1. The molecule has 198 valence electrons. The van der Waals surface area contributed by atoms with Gasteiger partial charge in [-0.25, -0.2) is 9.78 Å². The number of carbonyl (C=O) groups excluding carboxylic acids is 3. The average molecular weight is 522 g/mol. The van der Waals surface area contributed by atoms with Crippen LogP contribution in [0.4, 0.5) is 4.79 Å². The molecule has 4 aromatic rings. The summed E-state index contributed by atoms with van der Waals surface area (Å²) in [6, 6.07) is 10.1. The molecule has 8 heteroatoms. The Morgan fingerprint density at radius 3 is 2.54 bits per heavy atom. The van der Waals surface area contributed by atoms with Crippen LogP contribution in [0.2, 0.25) is 0 Å². The van der Waals surface area contributed by atoms with Gasteiger partial charge in [0, 0.05) is 61.6 Å². The van der Waals surface area contributed by atoms with Gasteiger partial charge in [0.05, 0.1) is 29.4 Å². The van der Waals surface area contributed by atoms with Gasteiger partial charge < -0.3 is 14.4 Å². The molecule has 7 rings (SSSR count). The van der Waals surface area contributed by atoms with Crippen LogP contribution in [-0.4, -0.2) is 67.5 Å². The molecule has 0 radical (unpaired) electrons. The molecule has 3 aromatic heterocycles. The number of allylic oxidation sites excluding steroid dienone is 2. The number of pyridine rings is 1. The van der Waals surface area contributed by atoms with Crippen molar-refractivity contribution in [2.75, 3.05) is 26.2 Å². The summed E-state index contributed by atoms with van der Waals surface area (Å²) in [5.74, 6) is -0.322. The van der Waals surface area contributed by atoms with E-state index in [4.69, 9.17) is 0 Å². The molecule has 5 heterocycles. The van der Waals surface area contributed by atoms with E-state index in [-0.39, 0.29) is 24.0 Å². The quantitative estimate of drug-likeness (QED) is 0.364. The second-order valence-corrected chi connectivity index (χ2v) is 11.0. The van der Waals surface area contributed by atoms with Gasteiger partial charge in [-0.3, -0.25) is 14.0 Å². The highest BCUT2D eigenvalue weighted by Gasteiger charge is 2.36. The monoisotopic (exact) mass is 521 g/mol. The number of amides is 2. The zero-order chi connectivity index (χ0) is 26.7. The molecule has 3 aliphatic rings. The van der Waals surface area contributed by atoms with E-state index in [9.17, 15) is 14.4 Å². The van der Waals surface area contributed by atoms with Crippen molar-refractivity contribution in [1.29, 1.82) is 0 Å². The zero-order valence-corrected chi connectivity index (χ0v) is 22.2. The number of Topliss-reactive ketones (excluding diaryl/α,β-unsaturated/α-hetero) is 2. The van der Waals surface area contributed by atoms with Crippen molar-refractivity contribution in [2.45, 2.75) is 45.6 Å². The van der Waals surface area contributed by atoms with Crippen molar-refractivity contribution < 1.29 is 14.4 Å². The van der Waals surface area contributed by atoms with Crippen molar-refractivity contribution in [1.82, 2.24) is 23.8 Å². The normalized spacial score (nSPS) is 18.4. The Kier molecular flexibility index (Phi) is 5.65. The lowest BCUT2D eigenvalue weighted by Gasteiger charge is -2.34. The molecule has 8 nitrogen and oxygen atoms in total. The average Bonchev–Trinajstić information content (AvgIpc) is 3.59. The summed E-state index contributed by atoms with van der Waals surface area (Å²) < 4.78 is 4.06.